The van der Waals surface area contributed by atoms with Gasteiger partial charge in [-0.2, -0.15) is 0 Å². The zero-order valence-corrected chi connectivity index (χ0v) is 14.1. The average molecular weight is 317 g/mol. The molecule has 0 atom stereocenters. The van der Waals surface area contributed by atoms with Crippen LogP contribution in [0.25, 0.3) is 27.9 Å². The predicted molar refractivity (Wildman–Crippen MR) is 97.4 cm³/mol. The van der Waals surface area contributed by atoms with Crippen molar-refractivity contribution in [3.05, 3.63) is 54.1 Å². The Balaban J connectivity index is 2.14. The average Bonchev–Trinajstić information content (AvgIpc) is 3.06. The molecule has 0 saturated carbocycles. The first-order chi connectivity index (χ1) is 11.7. The smallest absolute Gasteiger partial charge is 0.213 e. The van der Waals surface area contributed by atoms with Gasteiger partial charge in [-0.25, -0.2) is 9.38 Å². The largest absolute Gasteiger partial charge is 0.345 e. The molecule has 0 saturated heterocycles. The molecule has 120 valence electrons. The summed E-state index contributed by atoms with van der Waals surface area (Å²) in [6, 6.07) is 16.3. The van der Waals surface area contributed by atoms with Gasteiger partial charge in [-0.1, -0.05) is 36.4 Å². The summed E-state index contributed by atoms with van der Waals surface area (Å²) in [5.41, 5.74) is 4.02. The maximum atomic E-state index is 4.87. The van der Waals surface area contributed by atoms with Gasteiger partial charge in [0.15, 0.2) is 11.5 Å². The summed E-state index contributed by atoms with van der Waals surface area (Å²) in [5, 5.41) is 10.0. The van der Waals surface area contributed by atoms with Crippen LogP contribution in [0, 0.1) is 6.92 Å². The Bertz CT molecular complexity index is 1030. The molecule has 0 unspecified atom stereocenters. The molecule has 0 aliphatic carbocycles. The highest BCUT2D eigenvalue weighted by Crippen LogP contribution is 2.29. The summed E-state index contributed by atoms with van der Waals surface area (Å²) in [4.78, 5) is 6.99. The van der Waals surface area contributed by atoms with Crippen LogP contribution in [0.5, 0.6) is 0 Å². The zero-order valence-electron chi connectivity index (χ0n) is 14.1. The topological polar surface area (TPSA) is 46.3 Å². The molecule has 0 amide bonds. The number of fused-ring (bicyclic) bond motifs is 3. The van der Waals surface area contributed by atoms with E-state index in [1.807, 2.05) is 43.4 Å². The molecular weight excluding hydrogens is 298 g/mol. The molecule has 0 bridgehead atoms. The van der Waals surface area contributed by atoms with Crippen LogP contribution in [0.1, 0.15) is 12.5 Å². The predicted octanol–water partition coefficient (Wildman–Crippen LogP) is 3.71. The first-order valence-corrected chi connectivity index (χ1v) is 8.11. The summed E-state index contributed by atoms with van der Waals surface area (Å²) in [7, 11) is 2.04. The minimum absolute atomic E-state index is 0.830. The van der Waals surface area contributed by atoms with Crippen molar-refractivity contribution in [2.24, 2.45) is 0 Å². The molecule has 4 rings (SSSR count). The standard InChI is InChI=1S/C19H19N5/c1-4-23(3)19-20-16-12-8-7-11-15(16)18-22-21-17(24(18)19)14-10-6-5-9-13(14)2/h5-12H,4H2,1-3H3. The highest BCUT2D eigenvalue weighted by atomic mass is 15.3. The lowest BCUT2D eigenvalue weighted by molar-refractivity contribution is 0.889. The fourth-order valence-corrected chi connectivity index (χ4v) is 2.96. The second-order valence-electron chi connectivity index (χ2n) is 5.94. The van der Waals surface area contributed by atoms with Crippen LogP contribution in [0.3, 0.4) is 0 Å². The zero-order chi connectivity index (χ0) is 16.7. The van der Waals surface area contributed by atoms with Gasteiger partial charge < -0.3 is 4.90 Å². The van der Waals surface area contributed by atoms with E-state index in [4.69, 9.17) is 4.98 Å². The summed E-state index contributed by atoms with van der Waals surface area (Å²) in [5.74, 6) is 1.69. The Hall–Kier alpha value is -2.95. The Morgan fingerprint density at radius 2 is 1.75 bits per heavy atom. The molecule has 4 aromatic rings. The van der Waals surface area contributed by atoms with E-state index in [2.05, 4.69) is 45.5 Å². The van der Waals surface area contributed by atoms with Crippen molar-refractivity contribution in [2.75, 3.05) is 18.5 Å². The van der Waals surface area contributed by atoms with E-state index in [1.165, 1.54) is 5.56 Å². The number of hydrogen-bond donors (Lipinski definition) is 0. The van der Waals surface area contributed by atoms with Crippen molar-refractivity contribution >= 4 is 22.5 Å². The third-order valence-electron chi connectivity index (χ3n) is 4.43. The normalized spacial score (nSPS) is 11.3. The van der Waals surface area contributed by atoms with Gasteiger partial charge in [0.2, 0.25) is 5.95 Å². The molecule has 0 radical (unpaired) electrons. The molecule has 0 spiro atoms. The molecule has 0 fully saturated rings. The quantitative estimate of drug-likeness (QED) is 0.578. The van der Waals surface area contributed by atoms with Gasteiger partial charge in [0.05, 0.1) is 5.52 Å². The molecule has 0 N–H and O–H groups in total. The van der Waals surface area contributed by atoms with Gasteiger partial charge in [-0.05, 0) is 31.5 Å². The van der Waals surface area contributed by atoms with Crippen LogP contribution in [0.15, 0.2) is 48.5 Å². The Morgan fingerprint density at radius 3 is 2.54 bits per heavy atom. The van der Waals surface area contributed by atoms with Crippen LogP contribution < -0.4 is 4.90 Å². The van der Waals surface area contributed by atoms with Gasteiger partial charge in [-0.15, -0.1) is 10.2 Å². The summed E-state index contributed by atoms with van der Waals surface area (Å²) in [6.45, 7) is 5.06. The molecular formula is C19H19N5. The van der Waals surface area contributed by atoms with E-state index in [1.54, 1.807) is 0 Å². The molecule has 24 heavy (non-hydrogen) atoms. The third kappa shape index (κ3) is 2.12. The lowest BCUT2D eigenvalue weighted by Gasteiger charge is -2.19. The minimum Gasteiger partial charge on any atom is -0.345 e. The van der Waals surface area contributed by atoms with E-state index in [-0.39, 0.29) is 0 Å². The van der Waals surface area contributed by atoms with Crippen LogP contribution in [-0.4, -0.2) is 33.2 Å². The second-order valence-corrected chi connectivity index (χ2v) is 5.94. The molecule has 0 aliphatic rings. The SMILES string of the molecule is CCN(C)c1nc2ccccc2c2nnc(-c3ccccc3C)n12. The number of aryl methyl sites for hydroxylation is 1. The lowest BCUT2D eigenvalue weighted by Crippen LogP contribution is -2.21. The number of nitrogens with zero attached hydrogens (tertiary/aromatic N) is 5. The van der Waals surface area contributed by atoms with E-state index in [0.717, 1.165) is 40.4 Å². The fraction of sp³-hybridized carbons (Fsp3) is 0.211. The van der Waals surface area contributed by atoms with Crippen LogP contribution in [-0.2, 0) is 0 Å². The number of aromatic nitrogens is 4. The lowest BCUT2D eigenvalue weighted by atomic mass is 10.1. The van der Waals surface area contributed by atoms with Crippen molar-refractivity contribution in [3.8, 4) is 11.4 Å². The maximum Gasteiger partial charge on any atom is 0.213 e. The third-order valence-corrected chi connectivity index (χ3v) is 4.43. The van der Waals surface area contributed by atoms with Gasteiger partial charge in [0.25, 0.3) is 0 Å². The van der Waals surface area contributed by atoms with Gasteiger partial charge in [0, 0.05) is 24.5 Å². The summed E-state index contributed by atoms with van der Waals surface area (Å²) in [6.07, 6.45) is 0. The number of anilines is 1. The second kappa shape index (κ2) is 5.60. The number of benzene rings is 2. The van der Waals surface area contributed by atoms with Gasteiger partial charge >= 0.3 is 0 Å². The van der Waals surface area contributed by atoms with Gasteiger partial charge in [-0.3, -0.25) is 0 Å². The highest BCUT2D eigenvalue weighted by molar-refractivity contribution is 5.93. The highest BCUT2D eigenvalue weighted by Gasteiger charge is 2.18. The maximum absolute atomic E-state index is 4.87. The van der Waals surface area contributed by atoms with E-state index in [9.17, 15) is 0 Å². The summed E-state index contributed by atoms with van der Waals surface area (Å²) >= 11 is 0. The summed E-state index contributed by atoms with van der Waals surface area (Å²) < 4.78 is 2.06. The Morgan fingerprint density at radius 1 is 1.00 bits per heavy atom. The number of hydrogen-bond acceptors (Lipinski definition) is 4. The van der Waals surface area contributed by atoms with Crippen molar-refractivity contribution in [1.82, 2.24) is 19.6 Å². The molecule has 2 aromatic carbocycles. The minimum atomic E-state index is 0.830. The van der Waals surface area contributed by atoms with E-state index < -0.39 is 0 Å². The molecule has 2 heterocycles. The fourth-order valence-electron chi connectivity index (χ4n) is 2.96. The van der Waals surface area contributed by atoms with Gasteiger partial charge in [0.1, 0.15) is 0 Å². The Kier molecular flexibility index (Phi) is 3.41. The van der Waals surface area contributed by atoms with Crippen molar-refractivity contribution in [1.29, 1.82) is 0 Å². The Labute approximate surface area is 140 Å². The molecule has 5 heteroatoms. The van der Waals surface area contributed by atoms with Crippen LogP contribution >= 0.6 is 0 Å². The first-order valence-electron chi connectivity index (χ1n) is 8.11. The molecule has 5 nitrogen and oxygen atoms in total. The number of para-hydroxylation sites is 1. The van der Waals surface area contributed by atoms with Crippen LogP contribution in [0.4, 0.5) is 5.95 Å². The van der Waals surface area contributed by atoms with E-state index in [0.29, 0.717) is 0 Å². The van der Waals surface area contributed by atoms with Crippen molar-refractivity contribution in [2.45, 2.75) is 13.8 Å². The van der Waals surface area contributed by atoms with Crippen molar-refractivity contribution in [3.63, 3.8) is 0 Å². The first kappa shape index (κ1) is 14.6. The van der Waals surface area contributed by atoms with Crippen LogP contribution in [0.2, 0.25) is 0 Å². The number of rotatable bonds is 3. The van der Waals surface area contributed by atoms with E-state index >= 15 is 0 Å². The molecule has 2 aromatic heterocycles. The van der Waals surface area contributed by atoms with Crippen molar-refractivity contribution < 1.29 is 0 Å². The monoisotopic (exact) mass is 317 g/mol. The molecule has 0 aliphatic heterocycles.